The summed E-state index contributed by atoms with van der Waals surface area (Å²) in [4.78, 5) is 35.3. The molecule has 1 N–H and O–H groups in total. The number of likely N-dealkylation sites (tertiary alicyclic amines) is 1. The van der Waals surface area contributed by atoms with Gasteiger partial charge in [-0.15, -0.1) is 0 Å². The van der Waals surface area contributed by atoms with Crippen molar-refractivity contribution in [2.45, 2.75) is 6.92 Å². The lowest BCUT2D eigenvalue weighted by atomic mass is 9.99. The average Bonchev–Trinajstić information content (AvgIpc) is 2.71. The molecule has 0 aromatic carbocycles. The Balaban J connectivity index is 2.14. The zero-order valence-corrected chi connectivity index (χ0v) is 9.83. The molecule has 6 heteroatoms. The van der Waals surface area contributed by atoms with E-state index in [0.29, 0.717) is 6.54 Å². The van der Waals surface area contributed by atoms with E-state index < -0.39 is 17.5 Å². The van der Waals surface area contributed by atoms with Crippen molar-refractivity contribution in [3.63, 3.8) is 0 Å². The Hall–Kier alpha value is -2.11. The molecule has 2 unspecified atom stereocenters. The minimum atomic E-state index is -0.891. The maximum absolute atomic E-state index is 12.0. The molecule has 2 heterocycles. The number of hydrogen-bond acceptors (Lipinski definition) is 4. The van der Waals surface area contributed by atoms with Gasteiger partial charge in [-0.25, -0.2) is 4.79 Å². The van der Waals surface area contributed by atoms with E-state index in [4.69, 9.17) is 5.11 Å². The van der Waals surface area contributed by atoms with Crippen LogP contribution in [0.15, 0.2) is 27.6 Å². The van der Waals surface area contributed by atoms with Gasteiger partial charge >= 0.3 is 11.6 Å². The van der Waals surface area contributed by atoms with Gasteiger partial charge in [0.15, 0.2) is 0 Å². The molecule has 0 bridgehead atoms. The number of hydrogen-bond donors (Lipinski definition) is 1. The molecule has 0 spiro atoms. The van der Waals surface area contributed by atoms with Gasteiger partial charge in [-0.3, -0.25) is 9.59 Å². The minimum absolute atomic E-state index is 0.0813. The minimum Gasteiger partial charge on any atom is -0.481 e. The lowest BCUT2D eigenvalue weighted by Gasteiger charge is -2.15. The summed E-state index contributed by atoms with van der Waals surface area (Å²) in [6.07, 6.45) is 1.10. The monoisotopic (exact) mass is 251 g/mol. The van der Waals surface area contributed by atoms with E-state index in [2.05, 4.69) is 4.42 Å². The summed E-state index contributed by atoms with van der Waals surface area (Å²) in [7, 11) is 0. The predicted molar refractivity (Wildman–Crippen MR) is 61.2 cm³/mol. The predicted octanol–water partition coefficient (Wildman–Crippen LogP) is 0.433. The van der Waals surface area contributed by atoms with Gasteiger partial charge in [0, 0.05) is 19.2 Å². The van der Waals surface area contributed by atoms with Crippen molar-refractivity contribution >= 4 is 11.9 Å². The highest BCUT2D eigenvalue weighted by Gasteiger charge is 2.37. The molecule has 0 aliphatic carbocycles. The smallest absolute Gasteiger partial charge is 0.335 e. The number of carboxylic acids is 1. The van der Waals surface area contributed by atoms with E-state index in [1.807, 2.05) is 0 Å². The third-order valence-corrected chi connectivity index (χ3v) is 3.16. The van der Waals surface area contributed by atoms with Crippen molar-refractivity contribution in [2.75, 3.05) is 13.1 Å². The van der Waals surface area contributed by atoms with E-state index in [1.165, 1.54) is 17.0 Å². The maximum Gasteiger partial charge on any atom is 0.335 e. The Morgan fingerprint density at radius 3 is 2.61 bits per heavy atom. The Morgan fingerprint density at radius 1 is 1.39 bits per heavy atom. The quantitative estimate of drug-likeness (QED) is 0.823. The molecular formula is C12H13NO5. The van der Waals surface area contributed by atoms with Gasteiger partial charge in [0.2, 0.25) is 0 Å². The van der Waals surface area contributed by atoms with Crippen LogP contribution in [0.1, 0.15) is 17.3 Å². The van der Waals surface area contributed by atoms with Crippen molar-refractivity contribution in [3.8, 4) is 0 Å². The molecule has 1 fully saturated rings. The van der Waals surface area contributed by atoms with Crippen LogP contribution < -0.4 is 5.63 Å². The van der Waals surface area contributed by atoms with Crippen LogP contribution in [0.4, 0.5) is 0 Å². The molecule has 18 heavy (non-hydrogen) atoms. The summed E-state index contributed by atoms with van der Waals surface area (Å²) < 4.78 is 4.62. The number of rotatable bonds is 2. The third kappa shape index (κ3) is 2.27. The summed E-state index contributed by atoms with van der Waals surface area (Å²) in [5.41, 5.74) is -0.266. The molecule has 96 valence electrons. The van der Waals surface area contributed by atoms with Crippen LogP contribution >= 0.6 is 0 Å². The van der Waals surface area contributed by atoms with Crippen LogP contribution in [-0.2, 0) is 4.79 Å². The van der Waals surface area contributed by atoms with E-state index in [1.54, 1.807) is 6.92 Å². The van der Waals surface area contributed by atoms with Crippen LogP contribution in [0, 0.1) is 11.8 Å². The highest BCUT2D eigenvalue weighted by Crippen LogP contribution is 2.24. The number of amides is 1. The maximum atomic E-state index is 12.0. The first kappa shape index (κ1) is 12.3. The first-order valence-electron chi connectivity index (χ1n) is 5.60. The summed E-state index contributed by atoms with van der Waals surface area (Å²) in [5.74, 6) is -1.82. The van der Waals surface area contributed by atoms with Crippen LogP contribution in [0.2, 0.25) is 0 Å². The molecule has 1 aromatic rings. The second-order valence-electron chi connectivity index (χ2n) is 4.48. The lowest BCUT2D eigenvalue weighted by Crippen LogP contribution is -2.30. The van der Waals surface area contributed by atoms with E-state index in [0.717, 1.165) is 6.26 Å². The SMILES string of the molecule is CC1CN(C(=O)c2ccc(=O)oc2)CC1C(=O)O. The summed E-state index contributed by atoms with van der Waals surface area (Å²) >= 11 is 0. The van der Waals surface area contributed by atoms with Crippen molar-refractivity contribution in [3.05, 3.63) is 34.4 Å². The van der Waals surface area contributed by atoms with Gasteiger partial charge in [-0.2, -0.15) is 0 Å². The van der Waals surface area contributed by atoms with Crippen molar-refractivity contribution < 1.29 is 19.1 Å². The van der Waals surface area contributed by atoms with E-state index >= 15 is 0 Å². The molecule has 2 rings (SSSR count). The van der Waals surface area contributed by atoms with Crippen LogP contribution in [0.5, 0.6) is 0 Å². The molecule has 1 aliphatic rings. The molecular weight excluding hydrogens is 238 g/mol. The Labute approximate surface area is 103 Å². The van der Waals surface area contributed by atoms with Crippen LogP contribution in [0.25, 0.3) is 0 Å². The topological polar surface area (TPSA) is 87.8 Å². The van der Waals surface area contributed by atoms with Crippen molar-refractivity contribution in [2.24, 2.45) is 11.8 Å². The largest absolute Gasteiger partial charge is 0.481 e. The molecule has 0 saturated carbocycles. The first-order chi connectivity index (χ1) is 8.49. The Bertz CT molecular complexity index is 515. The van der Waals surface area contributed by atoms with Gasteiger partial charge in [-0.05, 0) is 12.0 Å². The van der Waals surface area contributed by atoms with Crippen molar-refractivity contribution in [1.29, 1.82) is 0 Å². The average molecular weight is 251 g/mol. The van der Waals surface area contributed by atoms with Gasteiger partial charge in [0.05, 0.1) is 11.5 Å². The standard InChI is InChI=1S/C12H13NO5/c1-7-4-13(5-9(7)12(16)17)11(15)8-2-3-10(14)18-6-8/h2-3,6-7,9H,4-5H2,1H3,(H,16,17). The van der Waals surface area contributed by atoms with Gasteiger partial charge in [0.25, 0.3) is 5.91 Å². The van der Waals surface area contributed by atoms with E-state index in [-0.39, 0.29) is 23.9 Å². The van der Waals surface area contributed by atoms with Crippen molar-refractivity contribution in [1.82, 2.24) is 4.90 Å². The van der Waals surface area contributed by atoms with Gasteiger partial charge < -0.3 is 14.4 Å². The molecule has 6 nitrogen and oxygen atoms in total. The highest BCUT2D eigenvalue weighted by molar-refractivity contribution is 5.94. The molecule has 1 saturated heterocycles. The Morgan fingerprint density at radius 2 is 2.11 bits per heavy atom. The van der Waals surface area contributed by atoms with Crippen LogP contribution in [0.3, 0.4) is 0 Å². The fraction of sp³-hybridized carbons (Fsp3) is 0.417. The highest BCUT2D eigenvalue weighted by atomic mass is 16.4. The number of carboxylic acid groups (broad SMARTS) is 1. The van der Waals surface area contributed by atoms with E-state index in [9.17, 15) is 14.4 Å². The number of carbonyl (C=O) groups is 2. The fourth-order valence-electron chi connectivity index (χ4n) is 2.12. The normalized spacial score (nSPS) is 23.1. The second-order valence-corrected chi connectivity index (χ2v) is 4.48. The molecule has 1 aliphatic heterocycles. The third-order valence-electron chi connectivity index (χ3n) is 3.16. The number of carbonyl (C=O) groups excluding carboxylic acids is 1. The van der Waals surface area contributed by atoms with Gasteiger partial charge in [0.1, 0.15) is 6.26 Å². The number of aliphatic carboxylic acids is 1. The molecule has 1 amide bonds. The molecule has 0 radical (unpaired) electrons. The fourth-order valence-corrected chi connectivity index (χ4v) is 2.12. The lowest BCUT2D eigenvalue weighted by molar-refractivity contribution is -0.142. The van der Waals surface area contributed by atoms with Gasteiger partial charge in [-0.1, -0.05) is 6.92 Å². The summed E-state index contributed by atoms with van der Waals surface area (Å²) in [6, 6.07) is 2.55. The zero-order valence-electron chi connectivity index (χ0n) is 9.83. The van der Waals surface area contributed by atoms with Crippen LogP contribution in [-0.4, -0.2) is 35.0 Å². The molecule has 1 aromatic heterocycles. The summed E-state index contributed by atoms with van der Waals surface area (Å²) in [5, 5.41) is 8.99. The second kappa shape index (κ2) is 4.64. The number of nitrogens with zero attached hydrogens (tertiary/aromatic N) is 1. The zero-order chi connectivity index (χ0) is 13.3. The first-order valence-corrected chi connectivity index (χ1v) is 5.60. The Kier molecular flexibility index (Phi) is 3.18. The molecule has 2 atom stereocenters. The summed E-state index contributed by atoms with van der Waals surface area (Å²) in [6.45, 7) is 2.39.